The number of ether oxygens (including phenoxy) is 1. The first-order valence-corrected chi connectivity index (χ1v) is 10.1. The fraction of sp³-hybridized carbons (Fsp3) is 0.476. The van der Waals surface area contributed by atoms with E-state index in [2.05, 4.69) is 10.1 Å². The molecule has 1 aliphatic rings. The van der Waals surface area contributed by atoms with Crippen molar-refractivity contribution in [2.75, 3.05) is 13.2 Å². The van der Waals surface area contributed by atoms with E-state index in [0.717, 1.165) is 18.9 Å². The molecule has 0 saturated carbocycles. The molecule has 0 aliphatic carbocycles. The molecule has 2 heterocycles. The summed E-state index contributed by atoms with van der Waals surface area (Å²) in [5, 5.41) is 13.0. The Kier molecular flexibility index (Phi) is 7.19. The number of amides is 1. The van der Waals surface area contributed by atoms with E-state index >= 15 is 0 Å². The number of hydrogen-bond donors (Lipinski definition) is 1. The zero-order valence-electron chi connectivity index (χ0n) is 17.1. The van der Waals surface area contributed by atoms with Crippen LogP contribution in [0.25, 0.3) is 11.4 Å². The van der Waals surface area contributed by atoms with E-state index in [1.165, 1.54) is 17.0 Å². The number of hydrogen-bond acceptors (Lipinski definition) is 5. The number of benzene rings is 1. The van der Waals surface area contributed by atoms with Crippen molar-refractivity contribution in [3.8, 4) is 17.1 Å². The Labute approximate surface area is 177 Å². The molecule has 1 saturated heterocycles. The number of halogens is 3. The Morgan fingerprint density at radius 3 is 2.84 bits per heavy atom. The van der Waals surface area contributed by atoms with Gasteiger partial charge in [0.05, 0.1) is 12.2 Å². The molecule has 1 aromatic carbocycles. The second-order valence-corrected chi connectivity index (χ2v) is 7.20. The fourth-order valence-electron chi connectivity index (χ4n) is 3.40. The summed E-state index contributed by atoms with van der Waals surface area (Å²) in [6.45, 7) is 2.51. The number of likely N-dealkylation sites (tertiary alicyclic amines) is 1. The van der Waals surface area contributed by atoms with Crippen molar-refractivity contribution < 1.29 is 32.3 Å². The van der Waals surface area contributed by atoms with Crippen molar-refractivity contribution in [3.05, 3.63) is 41.8 Å². The van der Waals surface area contributed by atoms with Crippen LogP contribution in [0.1, 0.15) is 56.5 Å². The summed E-state index contributed by atoms with van der Waals surface area (Å²) in [7, 11) is 0. The monoisotopic (exact) mass is 439 g/mol. The minimum absolute atomic E-state index is 0.0354. The Morgan fingerprint density at radius 1 is 1.35 bits per heavy atom. The molecular formula is C21H24F3N3O4. The Hall–Kier alpha value is -3.04. The summed E-state index contributed by atoms with van der Waals surface area (Å²) >= 11 is 0. The highest BCUT2D eigenvalue weighted by molar-refractivity contribution is 5.66. The molecule has 10 heteroatoms. The first-order valence-electron chi connectivity index (χ1n) is 10.1. The number of alkyl halides is 3. The highest BCUT2D eigenvalue weighted by Gasteiger charge is 2.36. The third kappa shape index (κ3) is 5.56. The summed E-state index contributed by atoms with van der Waals surface area (Å²) < 4.78 is 51.3. The van der Waals surface area contributed by atoms with Crippen molar-refractivity contribution in [3.63, 3.8) is 0 Å². The van der Waals surface area contributed by atoms with E-state index in [1.54, 1.807) is 0 Å². The summed E-state index contributed by atoms with van der Waals surface area (Å²) in [6, 6.07) is 2.99. The van der Waals surface area contributed by atoms with Gasteiger partial charge in [0, 0.05) is 12.1 Å². The van der Waals surface area contributed by atoms with Gasteiger partial charge in [-0.3, -0.25) is 4.90 Å². The first kappa shape index (κ1) is 22.6. The van der Waals surface area contributed by atoms with Crippen LogP contribution in [0, 0.1) is 0 Å². The van der Waals surface area contributed by atoms with Crippen LogP contribution in [-0.2, 0) is 6.18 Å². The molecule has 7 nitrogen and oxygen atoms in total. The lowest BCUT2D eigenvalue weighted by molar-refractivity contribution is -0.138. The SMILES string of the molecule is CCC/C=C\CCOc1ccc(-c2noc([C@@H]3CCCN3C(=O)O)n2)cc1C(F)(F)F. The van der Waals surface area contributed by atoms with Gasteiger partial charge in [-0.25, -0.2) is 4.79 Å². The van der Waals surface area contributed by atoms with Crippen molar-refractivity contribution in [1.82, 2.24) is 15.0 Å². The van der Waals surface area contributed by atoms with Gasteiger partial charge in [0.15, 0.2) is 0 Å². The number of nitrogens with zero attached hydrogens (tertiary/aromatic N) is 3. The van der Waals surface area contributed by atoms with E-state index in [4.69, 9.17) is 9.26 Å². The molecule has 1 amide bonds. The topological polar surface area (TPSA) is 88.7 Å². The molecule has 168 valence electrons. The maximum absolute atomic E-state index is 13.6. The predicted molar refractivity (Wildman–Crippen MR) is 106 cm³/mol. The maximum Gasteiger partial charge on any atom is 0.419 e. The van der Waals surface area contributed by atoms with Crippen molar-refractivity contribution in [2.45, 2.75) is 51.2 Å². The average molecular weight is 439 g/mol. The van der Waals surface area contributed by atoms with Crippen LogP contribution in [0.4, 0.5) is 18.0 Å². The highest BCUT2D eigenvalue weighted by atomic mass is 19.4. The zero-order valence-corrected chi connectivity index (χ0v) is 17.1. The Bertz CT molecular complexity index is 927. The second-order valence-electron chi connectivity index (χ2n) is 7.20. The van der Waals surface area contributed by atoms with Crippen LogP contribution in [-0.4, -0.2) is 39.4 Å². The van der Waals surface area contributed by atoms with Crippen LogP contribution in [0.2, 0.25) is 0 Å². The molecule has 1 aromatic heterocycles. The van der Waals surface area contributed by atoms with E-state index in [9.17, 15) is 23.1 Å². The van der Waals surface area contributed by atoms with Gasteiger partial charge in [-0.1, -0.05) is 30.7 Å². The molecule has 1 N–H and O–H groups in total. The van der Waals surface area contributed by atoms with Gasteiger partial charge in [0.1, 0.15) is 11.8 Å². The Morgan fingerprint density at radius 2 is 2.13 bits per heavy atom. The third-order valence-corrected chi connectivity index (χ3v) is 4.93. The lowest BCUT2D eigenvalue weighted by atomic mass is 10.1. The van der Waals surface area contributed by atoms with Gasteiger partial charge < -0.3 is 14.4 Å². The van der Waals surface area contributed by atoms with E-state index in [0.29, 0.717) is 25.8 Å². The minimum Gasteiger partial charge on any atom is -0.493 e. The van der Waals surface area contributed by atoms with Gasteiger partial charge in [-0.15, -0.1) is 0 Å². The third-order valence-electron chi connectivity index (χ3n) is 4.93. The fourth-order valence-corrected chi connectivity index (χ4v) is 3.40. The molecule has 3 rings (SSSR count). The largest absolute Gasteiger partial charge is 0.493 e. The predicted octanol–water partition coefficient (Wildman–Crippen LogP) is 5.70. The van der Waals surface area contributed by atoms with Crippen molar-refractivity contribution >= 4 is 6.09 Å². The molecule has 1 atom stereocenters. The summed E-state index contributed by atoms with van der Waals surface area (Å²) in [6.07, 6.45) is 1.72. The summed E-state index contributed by atoms with van der Waals surface area (Å²) in [5.74, 6) is -0.230. The standard InChI is InChI=1S/C21H24F3N3O4/c1-2-3-4-5-6-12-30-17-10-9-14(13-15(17)21(22,23)24)18-25-19(31-26-18)16-8-7-11-27(16)20(28)29/h4-5,9-10,13,16H,2-3,6-8,11-12H2,1H3,(H,28,29)/b5-4-/t16-/m0/s1. The molecule has 0 spiro atoms. The van der Waals surface area contributed by atoms with Gasteiger partial charge in [0.2, 0.25) is 11.7 Å². The number of carbonyl (C=O) groups is 1. The summed E-state index contributed by atoms with van der Waals surface area (Å²) in [4.78, 5) is 16.6. The van der Waals surface area contributed by atoms with Gasteiger partial charge in [-0.2, -0.15) is 18.2 Å². The zero-order chi connectivity index (χ0) is 22.4. The lowest BCUT2D eigenvalue weighted by Crippen LogP contribution is -2.28. The van der Waals surface area contributed by atoms with Gasteiger partial charge in [0.25, 0.3) is 0 Å². The quantitative estimate of drug-likeness (QED) is 0.420. The maximum atomic E-state index is 13.6. The van der Waals surface area contributed by atoms with Gasteiger partial charge >= 0.3 is 12.3 Å². The van der Waals surface area contributed by atoms with E-state index in [1.807, 2.05) is 19.1 Å². The number of rotatable bonds is 8. The second kappa shape index (κ2) is 9.84. The van der Waals surface area contributed by atoms with Crippen LogP contribution < -0.4 is 4.74 Å². The molecular weight excluding hydrogens is 415 g/mol. The number of allylic oxidation sites excluding steroid dienone is 1. The molecule has 0 radical (unpaired) electrons. The molecule has 1 aliphatic heterocycles. The lowest BCUT2D eigenvalue weighted by Gasteiger charge is -2.17. The molecule has 0 unspecified atom stereocenters. The van der Waals surface area contributed by atoms with Crippen LogP contribution in [0.15, 0.2) is 34.9 Å². The number of carboxylic acid groups (broad SMARTS) is 1. The van der Waals surface area contributed by atoms with Crippen molar-refractivity contribution in [2.24, 2.45) is 0 Å². The van der Waals surface area contributed by atoms with Crippen molar-refractivity contribution in [1.29, 1.82) is 0 Å². The van der Waals surface area contributed by atoms with Crippen LogP contribution in [0.3, 0.4) is 0 Å². The molecule has 1 fully saturated rings. The van der Waals surface area contributed by atoms with Gasteiger partial charge in [-0.05, 0) is 43.9 Å². The van der Waals surface area contributed by atoms with E-state index in [-0.39, 0.29) is 29.6 Å². The normalized spacial score (nSPS) is 16.9. The first-order chi connectivity index (χ1) is 14.8. The van der Waals surface area contributed by atoms with E-state index < -0.39 is 23.9 Å². The van der Waals surface area contributed by atoms with Crippen LogP contribution in [0.5, 0.6) is 5.75 Å². The molecule has 31 heavy (non-hydrogen) atoms. The summed E-state index contributed by atoms with van der Waals surface area (Å²) in [5.41, 5.74) is -0.820. The molecule has 0 bridgehead atoms. The van der Waals surface area contributed by atoms with Crippen LogP contribution >= 0.6 is 0 Å². The highest BCUT2D eigenvalue weighted by Crippen LogP contribution is 2.39. The Balaban J connectivity index is 1.78. The number of aromatic nitrogens is 2. The minimum atomic E-state index is -4.62. The average Bonchev–Trinajstić information content (AvgIpc) is 3.39. The smallest absolute Gasteiger partial charge is 0.419 e. The number of unbranched alkanes of at least 4 members (excludes halogenated alkanes) is 1. The molecule has 2 aromatic rings.